The number of anilines is 1. The number of carbonyl (C=O) groups is 2. The Bertz CT molecular complexity index is 1210. The second-order valence-electron chi connectivity index (χ2n) is 6.54. The largest absolute Gasteiger partial charge is 0.504 e. The van der Waals surface area contributed by atoms with Crippen LogP contribution in [0.25, 0.3) is 6.08 Å². The summed E-state index contributed by atoms with van der Waals surface area (Å²) < 4.78 is 19.4. The fourth-order valence-electron chi connectivity index (χ4n) is 2.98. The third-order valence-corrected chi connectivity index (χ3v) is 4.78. The van der Waals surface area contributed by atoms with E-state index in [0.717, 1.165) is 17.0 Å². The Morgan fingerprint density at radius 3 is 2.32 bits per heavy atom. The zero-order valence-corrected chi connectivity index (χ0v) is 16.7. The highest BCUT2D eigenvalue weighted by Crippen LogP contribution is 2.28. The first-order valence-electron chi connectivity index (χ1n) is 9.16. The highest BCUT2D eigenvalue weighted by molar-refractivity contribution is 7.80. The summed E-state index contributed by atoms with van der Waals surface area (Å²) in [5.74, 6) is -1.74. The summed E-state index contributed by atoms with van der Waals surface area (Å²) in [5, 5.41) is 12.2. The van der Waals surface area contributed by atoms with Crippen LogP contribution < -0.4 is 15.0 Å². The molecule has 1 heterocycles. The van der Waals surface area contributed by atoms with E-state index in [-0.39, 0.29) is 16.2 Å². The maximum atomic E-state index is 13.6. The van der Waals surface area contributed by atoms with Gasteiger partial charge in [-0.1, -0.05) is 30.3 Å². The Kier molecular flexibility index (Phi) is 5.46. The third kappa shape index (κ3) is 4.15. The molecule has 8 heteroatoms. The van der Waals surface area contributed by atoms with E-state index in [0.29, 0.717) is 17.2 Å². The first-order valence-corrected chi connectivity index (χ1v) is 9.57. The van der Waals surface area contributed by atoms with Gasteiger partial charge in [0.2, 0.25) is 0 Å². The number of ether oxygens (including phenoxy) is 1. The van der Waals surface area contributed by atoms with Crippen LogP contribution in [0.1, 0.15) is 5.56 Å². The highest BCUT2D eigenvalue weighted by Gasteiger charge is 2.34. The Hall–Kier alpha value is -4.04. The van der Waals surface area contributed by atoms with Crippen molar-refractivity contribution in [3.63, 3.8) is 0 Å². The maximum Gasteiger partial charge on any atom is 0.270 e. The van der Waals surface area contributed by atoms with E-state index in [2.05, 4.69) is 5.32 Å². The van der Waals surface area contributed by atoms with E-state index in [9.17, 15) is 19.1 Å². The molecule has 31 heavy (non-hydrogen) atoms. The molecule has 0 atom stereocenters. The number of para-hydroxylation sites is 2. The molecule has 0 spiro atoms. The van der Waals surface area contributed by atoms with Gasteiger partial charge < -0.3 is 9.84 Å². The van der Waals surface area contributed by atoms with Crippen molar-refractivity contribution >= 4 is 40.9 Å². The van der Waals surface area contributed by atoms with Crippen LogP contribution in [0.5, 0.6) is 17.2 Å². The standard InChI is InChI=1S/C23H15FN2O4S/c24-19-8-4-5-14(20(19)27)13-18-21(28)25-23(31)26(22(18)29)15-9-11-17(12-10-15)30-16-6-2-1-3-7-16/h1-13,27H,(H,25,28,31)/b18-13+. The van der Waals surface area contributed by atoms with Crippen molar-refractivity contribution in [2.75, 3.05) is 4.90 Å². The van der Waals surface area contributed by atoms with E-state index < -0.39 is 23.4 Å². The predicted molar refractivity (Wildman–Crippen MR) is 117 cm³/mol. The first-order chi connectivity index (χ1) is 14.9. The van der Waals surface area contributed by atoms with Crippen LogP contribution in [-0.4, -0.2) is 22.0 Å². The van der Waals surface area contributed by atoms with Crippen molar-refractivity contribution < 1.29 is 23.8 Å². The number of amides is 2. The van der Waals surface area contributed by atoms with Crippen molar-refractivity contribution in [3.8, 4) is 17.2 Å². The van der Waals surface area contributed by atoms with Gasteiger partial charge in [0.05, 0.1) is 5.69 Å². The minimum atomic E-state index is -0.862. The minimum Gasteiger partial charge on any atom is -0.504 e. The molecular weight excluding hydrogens is 419 g/mol. The van der Waals surface area contributed by atoms with Gasteiger partial charge in [-0.2, -0.15) is 0 Å². The lowest BCUT2D eigenvalue weighted by molar-refractivity contribution is -0.122. The van der Waals surface area contributed by atoms with E-state index >= 15 is 0 Å². The lowest BCUT2D eigenvalue weighted by Gasteiger charge is -2.29. The normalized spacial score (nSPS) is 15.2. The number of nitrogens with one attached hydrogen (secondary N) is 1. The fourth-order valence-corrected chi connectivity index (χ4v) is 3.26. The smallest absolute Gasteiger partial charge is 0.270 e. The Labute approximate surface area is 182 Å². The molecule has 0 bridgehead atoms. The maximum absolute atomic E-state index is 13.6. The molecule has 2 amide bonds. The summed E-state index contributed by atoms with van der Waals surface area (Å²) in [6.07, 6.45) is 1.12. The SMILES string of the molecule is O=C1NC(=S)N(c2ccc(Oc3ccccc3)cc2)C(=O)/C1=C/c1cccc(F)c1O. The van der Waals surface area contributed by atoms with Gasteiger partial charge in [-0.3, -0.25) is 19.8 Å². The molecule has 0 aromatic heterocycles. The van der Waals surface area contributed by atoms with Crippen LogP contribution in [0, 0.1) is 5.82 Å². The van der Waals surface area contributed by atoms with Crippen LogP contribution >= 0.6 is 12.2 Å². The number of rotatable bonds is 4. The zero-order valence-electron chi connectivity index (χ0n) is 15.9. The van der Waals surface area contributed by atoms with Crippen molar-refractivity contribution in [2.45, 2.75) is 0 Å². The molecule has 1 saturated heterocycles. The average molecular weight is 434 g/mol. The van der Waals surface area contributed by atoms with Crippen LogP contribution in [0.15, 0.2) is 78.4 Å². The van der Waals surface area contributed by atoms with Crippen LogP contribution in [0.2, 0.25) is 0 Å². The van der Waals surface area contributed by atoms with Gasteiger partial charge >= 0.3 is 0 Å². The summed E-state index contributed by atoms with van der Waals surface area (Å²) in [6.45, 7) is 0. The quantitative estimate of drug-likeness (QED) is 0.366. The number of phenols is 1. The number of hydrogen-bond acceptors (Lipinski definition) is 5. The van der Waals surface area contributed by atoms with Crippen LogP contribution in [-0.2, 0) is 9.59 Å². The van der Waals surface area contributed by atoms with Crippen molar-refractivity contribution in [1.82, 2.24) is 5.32 Å². The van der Waals surface area contributed by atoms with E-state index in [1.54, 1.807) is 24.3 Å². The summed E-state index contributed by atoms with van der Waals surface area (Å²) in [4.78, 5) is 26.5. The highest BCUT2D eigenvalue weighted by atomic mass is 32.1. The molecule has 1 aliphatic heterocycles. The number of nitrogens with zero attached hydrogens (tertiary/aromatic N) is 1. The molecule has 2 N–H and O–H groups in total. The number of benzene rings is 3. The van der Waals surface area contributed by atoms with Crippen molar-refractivity contribution in [1.29, 1.82) is 0 Å². The average Bonchev–Trinajstić information content (AvgIpc) is 2.76. The molecule has 6 nitrogen and oxygen atoms in total. The zero-order chi connectivity index (χ0) is 22.0. The second-order valence-corrected chi connectivity index (χ2v) is 6.93. The molecule has 3 aromatic rings. The second kappa shape index (κ2) is 8.37. The number of aromatic hydroxyl groups is 1. The molecule has 1 aliphatic rings. The Morgan fingerprint density at radius 2 is 1.61 bits per heavy atom. The summed E-state index contributed by atoms with van der Waals surface area (Å²) in [5.41, 5.74) is 0.113. The molecule has 154 valence electrons. The Balaban J connectivity index is 1.63. The van der Waals surface area contributed by atoms with Gasteiger partial charge in [-0.25, -0.2) is 4.39 Å². The lowest BCUT2D eigenvalue weighted by atomic mass is 10.1. The van der Waals surface area contributed by atoms with Gasteiger partial charge in [-0.05, 0) is 60.8 Å². The summed E-state index contributed by atoms with van der Waals surface area (Å²) in [7, 11) is 0. The number of hydrogen-bond donors (Lipinski definition) is 2. The predicted octanol–water partition coefficient (Wildman–Crippen LogP) is 4.15. The number of carbonyl (C=O) groups excluding carboxylic acids is 2. The fraction of sp³-hybridized carbons (Fsp3) is 0. The van der Waals surface area contributed by atoms with Crippen LogP contribution in [0.4, 0.5) is 10.1 Å². The minimum absolute atomic E-state index is 0.00197. The number of halogens is 1. The molecule has 0 aliphatic carbocycles. The summed E-state index contributed by atoms with van der Waals surface area (Å²) in [6, 6.07) is 19.6. The van der Waals surface area contributed by atoms with Gasteiger partial charge in [0, 0.05) is 5.56 Å². The van der Waals surface area contributed by atoms with Crippen molar-refractivity contribution in [3.05, 3.63) is 89.8 Å². The third-order valence-electron chi connectivity index (χ3n) is 4.49. The topological polar surface area (TPSA) is 78.9 Å². The number of thiocarbonyl (C=S) groups is 1. The van der Waals surface area contributed by atoms with Crippen molar-refractivity contribution in [2.24, 2.45) is 0 Å². The molecule has 0 unspecified atom stereocenters. The Morgan fingerprint density at radius 1 is 0.935 bits per heavy atom. The summed E-state index contributed by atoms with van der Waals surface area (Å²) >= 11 is 5.17. The first kappa shape index (κ1) is 20.2. The number of phenolic OH excluding ortho intramolecular Hbond substituents is 1. The van der Waals surface area contributed by atoms with Gasteiger partial charge in [0.15, 0.2) is 16.7 Å². The molecule has 0 saturated carbocycles. The molecule has 3 aromatic carbocycles. The van der Waals surface area contributed by atoms with Gasteiger partial charge in [0.1, 0.15) is 17.1 Å². The monoisotopic (exact) mass is 434 g/mol. The molecule has 4 rings (SSSR count). The molecule has 1 fully saturated rings. The molecular formula is C23H15FN2O4S. The van der Waals surface area contributed by atoms with Crippen LogP contribution in [0.3, 0.4) is 0 Å². The molecule has 0 radical (unpaired) electrons. The van der Waals surface area contributed by atoms with E-state index in [1.807, 2.05) is 30.3 Å². The van der Waals surface area contributed by atoms with E-state index in [4.69, 9.17) is 17.0 Å². The van der Waals surface area contributed by atoms with Gasteiger partial charge in [-0.15, -0.1) is 0 Å². The van der Waals surface area contributed by atoms with E-state index in [1.165, 1.54) is 12.1 Å². The van der Waals surface area contributed by atoms with Gasteiger partial charge in [0.25, 0.3) is 11.8 Å². The lowest BCUT2D eigenvalue weighted by Crippen LogP contribution is -2.54.